The van der Waals surface area contributed by atoms with Gasteiger partial charge in [0.1, 0.15) is 11.5 Å². The molecule has 0 saturated heterocycles. The van der Waals surface area contributed by atoms with Crippen LogP contribution in [0.2, 0.25) is 0 Å². The Morgan fingerprint density at radius 3 is 1.18 bits per heavy atom. The fraction of sp³-hybridized carbons (Fsp3) is 0.0870. The van der Waals surface area contributed by atoms with Crippen LogP contribution in [-0.2, 0) is 15.0 Å². The molecule has 50 heavy (non-hydrogen) atoms. The van der Waals surface area contributed by atoms with E-state index in [1.807, 2.05) is 103 Å². The van der Waals surface area contributed by atoms with Gasteiger partial charge < -0.3 is 9.47 Å². The summed E-state index contributed by atoms with van der Waals surface area (Å²) >= 11 is 0. The molecule has 0 aliphatic carbocycles. The third-order valence-corrected chi connectivity index (χ3v) is 8.96. The van der Waals surface area contributed by atoms with E-state index < -0.39 is 17.4 Å². The van der Waals surface area contributed by atoms with Gasteiger partial charge in [0.2, 0.25) is 0 Å². The summed E-state index contributed by atoms with van der Waals surface area (Å²) in [5, 5.41) is 0. The van der Waals surface area contributed by atoms with Crippen LogP contribution in [0.25, 0.3) is 33.4 Å². The van der Waals surface area contributed by atoms with Crippen molar-refractivity contribution < 1.29 is 19.1 Å². The SMILES string of the molecule is C=C(C)C(=O)Oc1ccc(C(C)(c2ccc(-c3ccccc3)cc2)c2ccc(OC(=O)C(=C)C)c(-c3ccccc3)c2)cc1-c1ccccc1. The molecule has 0 atom stereocenters. The van der Waals surface area contributed by atoms with E-state index in [-0.39, 0.29) is 0 Å². The van der Waals surface area contributed by atoms with E-state index in [4.69, 9.17) is 9.47 Å². The molecular weight excluding hydrogens is 617 g/mol. The Balaban J connectivity index is 1.58. The van der Waals surface area contributed by atoms with Gasteiger partial charge in [-0.15, -0.1) is 0 Å². The van der Waals surface area contributed by atoms with Crippen molar-refractivity contribution in [2.24, 2.45) is 0 Å². The zero-order valence-electron chi connectivity index (χ0n) is 28.5. The van der Waals surface area contributed by atoms with Crippen molar-refractivity contribution in [1.82, 2.24) is 0 Å². The molecule has 0 saturated carbocycles. The van der Waals surface area contributed by atoms with E-state index in [1.165, 1.54) is 0 Å². The Bertz CT molecular complexity index is 2070. The molecule has 0 aliphatic rings. The molecule has 0 unspecified atom stereocenters. The summed E-state index contributed by atoms with van der Waals surface area (Å²) in [6.07, 6.45) is 0. The van der Waals surface area contributed by atoms with Crippen LogP contribution in [0.4, 0.5) is 0 Å². The summed E-state index contributed by atoms with van der Waals surface area (Å²) in [4.78, 5) is 25.5. The number of rotatable bonds is 10. The lowest BCUT2D eigenvalue weighted by atomic mass is 9.70. The normalized spacial score (nSPS) is 11.0. The minimum atomic E-state index is -0.712. The Morgan fingerprint density at radius 2 is 0.800 bits per heavy atom. The summed E-state index contributed by atoms with van der Waals surface area (Å²) in [6.45, 7) is 13.0. The molecule has 0 fully saturated rings. The first-order chi connectivity index (χ1) is 24.1. The predicted octanol–water partition coefficient (Wildman–Crippen LogP) is 11.0. The molecule has 4 heteroatoms. The summed E-state index contributed by atoms with van der Waals surface area (Å²) in [7, 11) is 0. The lowest BCUT2D eigenvalue weighted by Gasteiger charge is -2.33. The number of esters is 2. The third kappa shape index (κ3) is 6.96. The van der Waals surface area contributed by atoms with Crippen LogP contribution in [0.5, 0.6) is 11.5 Å². The maximum atomic E-state index is 12.7. The van der Waals surface area contributed by atoms with Gasteiger partial charge in [0.15, 0.2) is 0 Å². The first-order valence-corrected chi connectivity index (χ1v) is 16.5. The van der Waals surface area contributed by atoms with Crippen molar-refractivity contribution in [1.29, 1.82) is 0 Å². The van der Waals surface area contributed by atoms with Crippen molar-refractivity contribution in [2.45, 2.75) is 26.2 Å². The van der Waals surface area contributed by atoms with E-state index in [0.717, 1.165) is 50.1 Å². The topological polar surface area (TPSA) is 52.6 Å². The van der Waals surface area contributed by atoms with E-state index in [2.05, 4.69) is 68.6 Å². The molecule has 0 amide bonds. The van der Waals surface area contributed by atoms with Crippen LogP contribution in [0.3, 0.4) is 0 Å². The highest BCUT2D eigenvalue weighted by Crippen LogP contribution is 2.45. The van der Waals surface area contributed by atoms with Crippen LogP contribution in [-0.4, -0.2) is 11.9 Å². The second-order valence-electron chi connectivity index (χ2n) is 12.6. The number of hydrogen-bond donors (Lipinski definition) is 0. The maximum Gasteiger partial charge on any atom is 0.338 e. The Kier molecular flexibility index (Phi) is 9.73. The zero-order chi connectivity index (χ0) is 35.3. The molecule has 0 aliphatic heterocycles. The van der Waals surface area contributed by atoms with Gasteiger partial charge in [0.25, 0.3) is 0 Å². The van der Waals surface area contributed by atoms with E-state index in [1.54, 1.807) is 13.8 Å². The number of carbonyl (C=O) groups excluding carboxylic acids is 2. The van der Waals surface area contributed by atoms with Crippen molar-refractivity contribution in [3.05, 3.63) is 193 Å². The summed E-state index contributed by atoms with van der Waals surface area (Å²) < 4.78 is 11.7. The Labute approximate surface area is 294 Å². The highest BCUT2D eigenvalue weighted by atomic mass is 16.5. The average molecular weight is 655 g/mol. The molecule has 0 N–H and O–H groups in total. The summed E-state index contributed by atoms with van der Waals surface area (Å²) in [6, 6.07) is 50.6. The van der Waals surface area contributed by atoms with Crippen LogP contribution >= 0.6 is 0 Å². The lowest BCUT2D eigenvalue weighted by Crippen LogP contribution is -2.26. The van der Waals surface area contributed by atoms with Crippen molar-refractivity contribution >= 4 is 11.9 Å². The summed E-state index contributed by atoms with van der Waals surface area (Å²) in [5.74, 6) is -0.0771. The minimum Gasteiger partial charge on any atom is -0.423 e. The minimum absolute atomic E-state index is 0.317. The number of hydrogen-bond acceptors (Lipinski definition) is 4. The molecule has 0 heterocycles. The van der Waals surface area contributed by atoms with Crippen LogP contribution in [0, 0.1) is 0 Å². The van der Waals surface area contributed by atoms with Crippen LogP contribution in [0.1, 0.15) is 37.5 Å². The van der Waals surface area contributed by atoms with Crippen LogP contribution < -0.4 is 9.47 Å². The average Bonchev–Trinajstić information content (AvgIpc) is 3.15. The van der Waals surface area contributed by atoms with Crippen LogP contribution in [0.15, 0.2) is 176 Å². The van der Waals surface area contributed by atoms with Gasteiger partial charge in [-0.05, 0) is 84.0 Å². The molecule has 246 valence electrons. The number of carbonyl (C=O) groups is 2. The second-order valence-corrected chi connectivity index (χ2v) is 12.6. The van der Waals surface area contributed by atoms with Crippen molar-refractivity contribution in [2.75, 3.05) is 0 Å². The van der Waals surface area contributed by atoms with E-state index in [0.29, 0.717) is 22.6 Å². The Hall–Kier alpha value is -6.26. The zero-order valence-corrected chi connectivity index (χ0v) is 28.5. The maximum absolute atomic E-state index is 12.7. The highest BCUT2D eigenvalue weighted by Gasteiger charge is 2.33. The molecule has 6 aromatic carbocycles. The third-order valence-electron chi connectivity index (χ3n) is 8.96. The molecular formula is C46H38O4. The molecule has 4 nitrogen and oxygen atoms in total. The van der Waals surface area contributed by atoms with E-state index >= 15 is 0 Å². The predicted molar refractivity (Wildman–Crippen MR) is 202 cm³/mol. The largest absolute Gasteiger partial charge is 0.423 e. The quantitative estimate of drug-likeness (QED) is 0.0638. The molecule has 0 bridgehead atoms. The van der Waals surface area contributed by atoms with Crippen molar-refractivity contribution in [3.63, 3.8) is 0 Å². The molecule has 0 spiro atoms. The summed E-state index contributed by atoms with van der Waals surface area (Å²) in [5.41, 5.74) is 8.54. The first-order valence-electron chi connectivity index (χ1n) is 16.5. The smallest absolute Gasteiger partial charge is 0.338 e. The van der Waals surface area contributed by atoms with Gasteiger partial charge in [-0.2, -0.15) is 0 Å². The van der Waals surface area contributed by atoms with Gasteiger partial charge in [-0.25, -0.2) is 9.59 Å². The molecule has 6 aromatic rings. The van der Waals surface area contributed by atoms with Gasteiger partial charge in [-0.3, -0.25) is 0 Å². The Morgan fingerprint density at radius 1 is 0.460 bits per heavy atom. The number of ether oxygens (including phenoxy) is 2. The monoisotopic (exact) mass is 654 g/mol. The second kappa shape index (κ2) is 14.5. The first kappa shape index (κ1) is 33.6. The molecule has 0 aromatic heterocycles. The molecule has 6 rings (SSSR count). The van der Waals surface area contributed by atoms with Gasteiger partial charge in [-0.1, -0.05) is 141 Å². The fourth-order valence-corrected chi connectivity index (χ4v) is 6.05. The van der Waals surface area contributed by atoms with Gasteiger partial charge in [0.05, 0.1) is 0 Å². The standard InChI is InChI=1S/C46H38O4/c1-31(2)44(47)49-42-27-25-38(29-40(42)35-17-11-7-12-18-35)46(5,37-23-21-34(22-24-37)33-15-9-6-10-16-33)39-26-28-43(50-45(48)32(3)4)41(30-39)36-19-13-8-14-20-36/h6-30H,1,3H2,2,4-5H3. The molecule has 0 radical (unpaired) electrons. The number of benzene rings is 6. The van der Waals surface area contributed by atoms with Gasteiger partial charge in [0, 0.05) is 27.7 Å². The van der Waals surface area contributed by atoms with Gasteiger partial charge >= 0.3 is 11.9 Å². The highest BCUT2D eigenvalue weighted by molar-refractivity contribution is 5.91. The van der Waals surface area contributed by atoms with E-state index in [9.17, 15) is 9.59 Å². The fourth-order valence-electron chi connectivity index (χ4n) is 6.05. The van der Waals surface area contributed by atoms with Crippen molar-refractivity contribution in [3.8, 4) is 44.9 Å². The lowest BCUT2D eigenvalue weighted by molar-refractivity contribution is -0.130.